The van der Waals surface area contributed by atoms with Crippen LogP contribution in [0.2, 0.25) is 0 Å². The van der Waals surface area contributed by atoms with Gasteiger partial charge in [-0.05, 0) is 88.6 Å². The Morgan fingerprint density at radius 1 is 0.950 bits per heavy atom. The van der Waals surface area contributed by atoms with E-state index in [-0.39, 0.29) is 5.56 Å². The first kappa shape index (κ1) is 25.8. The van der Waals surface area contributed by atoms with Crippen molar-refractivity contribution in [3.05, 3.63) is 94.8 Å². The highest BCUT2D eigenvalue weighted by molar-refractivity contribution is 5.81. The van der Waals surface area contributed by atoms with Crippen LogP contribution in [0.3, 0.4) is 0 Å². The van der Waals surface area contributed by atoms with E-state index in [1.807, 2.05) is 44.2 Å². The minimum atomic E-state index is -0.125. The third-order valence-electron chi connectivity index (χ3n) is 7.86. The van der Waals surface area contributed by atoms with Crippen LogP contribution in [0.5, 0.6) is 0 Å². The maximum Gasteiger partial charge on any atom is 0.261 e. The van der Waals surface area contributed by atoms with E-state index in [1.165, 1.54) is 18.4 Å². The first-order chi connectivity index (χ1) is 19.5. The molecule has 0 bridgehead atoms. The van der Waals surface area contributed by atoms with Crippen molar-refractivity contribution in [3.63, 3.8) is 0 Å². The number of fused-ring (bicyclic) bond motifs is 1. The van der Waals surface area contributed by atoms with Crippen molar-refractivity contribution in [2.75, 3.05) is 25.5 Å². The van der Waals surface area contributed by atoms with Crippen molar-refractivity contribution in [1.29, 1.82) is 0 Å². The van der Waals surface area contributed by atoms with Crippen LogP contribution >= 0.6 is 0 Å². The van der Waals surface area contributed by atoms with Crippen molar-refractivity contribution in [2.24, 2.45) is 0 Å². The van der Waals surface area contributed by atoms with Crippen molar-refractivity contribution in [1.82, 2.24) is 29.4 Å². The largest absolute Gasteiger partial charge is 0.324 e. The number of nitrogens with zero attached hydrogens (tertiary/aromatic N) is 6. The number of aromatic nitrogens is 5. The van der Waals surface area contributed by atoms with Crippen molar-refractivity contribution in [2.45, 2.75) is 39.2 Å². The second-order valence-electron chi connectivity index (χ2n) is 10.5. The van der Waals surface area contributed by atoms with Gasteiger partial charge in [-0.15, -0.1) is 0 Å². The third kappa shape index (κ3) is 5.10. The van der Waals surface area contributed by atoms with Crippen LogP contribution in [0.4, 0.5) is 11.6 Å². The Bertz CT molecular complexity index is 1700. The van der Waals surface area contributed by atoms with Crippen molar-refractivity contribution < 1.29 is 0 Å². The molecule has 0 unspecified atom stereocenters. The third-order valence-corrected chi connectivity index (χ3v) is 7.86. The summed E-state index contributed by atoms with van der Waals surface area (Å²) in [4.78, 5) is 34.2. The van der Waals surface area contributed by atoms with E-state index in [9.17, 15) is 4.79 Å². The van der Waals surface area contributed by atoms with Crippen LogP contribution < -0.4 is 10.9 Å². The number of rotatable bonds is 6. The Morgan fingerprint density at radius 3 is 2.45 bits per heavy atom. The van der Waals surface area contributed by atoms with Crippen LogP contribution in [-0.4, -0.2) is 49.5 Å². The van der Waals surface area contributed by atoms with Gasteiger partial charge in [-0.2, -0.15) is 4.98 Å². The lowest BCUT2D eigenvalue weighted by Crippen LogP contribution is -2.29. The summed E-state index contributed by atoms with van der Waals surface area (Å²) in [6, 6.07) is 18.2. The predicted molar refractivity (Wildman–Crippen MR) is 160 cm³/mol. The molecule has 0 aliphatic carbocycles. The van der Waals surface area contributed by atoms with Gasteiger partial charge in [0.15, 0.2) is 0 Å². The monoisotopic (exact) mass is 531 g/mol. The van der Waals surface area contributed by atoms with Crippen LogP contribution in [0.1, 0.15) is 36.9 Å². The number of pyridine rings is 3. The first-order valence-corrected chi connectivity index (χ1v) is 13.8. The van der Waals surface area contributed by atoms with E-state index in [4.69, 9.17) is 4.98 Å². The van der Waals surface area contributed by atoms with Crippen LogP contribution in [-0.2, 0) is 6.54 Å². The maximum absolute atomic E-state index is 13.5. The minimum absolute atomic E-state index is 0.125. The highest BCUT2D eigenvalue weighted by atomic mass is 16.1. The summed E-state index contributed by atoms with van der Waals surface area (Å²) in [6.45, 7) is 6.69. The van der Waals surface area contributed by atoms with Gasteiger partial charge in [-0.3, -0.25) is 19.3 Å². The van der Waals surface area contributed by atoms with Gasteiger partial charge >= 0.3 is 0 Å². The van der Waals surface area contributed by atoms with Gasteiger partial charge in [0, 0.05) is 53.0 Å². The standard InChI is InChI=1S/C32H33N7O/c1-4-39-30-25(18-28(31(39)40)29-12-9-24(19-34-29)27-6-5-15-33-21(27)2)20-35-32(37-30)36-26-10-7-22(8-11-26)23-13-16-38(3)17-14-23/h5-12,15,18-20,23H,4,13-14,16-17H2,1-3H3,(H,35,36,37). The molecule has 5 aromatic rings. The molecule has 0 amide bonds. The van der Waals surface area contributed by atoms with Gasteiger partial charge in [-0.1, -0.05) is 24.3 Å². The number of aryl methyl sites for hydroxylation is 2. The number of hydrogen-bond donors (Lipinski definition) is 1. The summed E-state index contributed by atoms with van der Waals surface area (Å²) in [6.07, 6.45) is 7.72. The summed E-state index contributed by atoms with van der Waals surface area (Å²) in [5.41, 5.74) is 6.84. The number of benzene rings is 1. The lowest BCUT2D eigenvalue weighted by molar-refractivity contribution is 0.255. The van der Waals surface area contributed by atoms with Gasteiger partial charge in [-0.25, -0.2) is 4.98 Å². The second-order valence-corrected chi connectivity index (χ2v) is 10.5. The molecule has 1 N–H and O–H groups in total. The average Bonchev–Trinajstić information content (AvgIpc) is 2.98. The lowest BCUT2D eigenvalue weighted by atomic mass is 9.89. The van der Waals surface area contributed by atoms with Crippen LogP contribution in [0.15, 0.2) is 78.0 Å². The molecular weight excluding hydrogens is 498 g/mol. The highest BCUT2D eigenvalue weighted by Gasteiger charge is 2.18. The van der Waals surface area contributed by atoms with E-state index in [2.05, 4.69) is 56.5 Å². The molecule has 1 aliphatic heterocycles. The summed E-state index contributed by atoms with van der Waals surface area (Å²) in [7, 11) is 2.19. The molecule has 1 saturated heterocycles. The summed E-state index contributed by atoms with van der Waals surface area (Å²) >= 11 is 0. The Balaban J connectivity index is 1.26. The molecule has 0 atom stereocenters. The van der Waals surface area contributed by atoms with Gasteiger partial charge in [0.2, 0.25) is 5.95 Å². The van der Waals surface area contributed by atoms with Gasteiger partial charge in [0.25, 0.3) is 5.56 Å². The average molecular weight is 532 g/mol. The molecule has 1 aliphatic rings. The summed E-state index contributed by atoms with van der Waals surface area (Å²) in [5.74, 6) is 1.07. The van der Waals surface area contributed by atoms with Gasteiger partial charge in [0.05, 0.1) is 11.3 Å². The fourth-order valence-electron chi connectivity index (χ4n) is 5.51. The molecule has 1 fully saturated rings. The van der Waals surface area contributed by atoms with E-state index in [1.54, 1.807) is 23.2 Å². The van der Waals surface area contributed by atoms with Crippen LogP contribution in [0, 0.1) is 6.92 Å². The lowest BCUT2D eigenvalue weighted by Gasteiger charge is -2.29. The summed E-state index contributed by atoms with van der Waals surface area (Å²) < 4.78 is 1.68. The SMILES string of the molecule is CCn1c(=O)c(-c2ccc(-c3cccnc3C)cn2)cc2cnc(Nc3ccc(C4CCN(C)CC4)cc3)nc21. The molecule has 8 nitrogen and oxygen atoms in total. The molecule has 40 heavy (non-hydrogen) atoms. The fraction of sp³-hybridized carbons (Fsp3) is 0.281. The molecule has 0 saturated carbocycles. The number of nitrogens with one attached hydrogen (secondary N) is 1. The van der Waals surface area contributed by atoms with Gasteiger partial charge < -0.3 is 10.2 Å². The summed E-state index contributed by atoms with van der Waals surface area (Å²) in [5, 5.41) is 4.10. The topological polar surface area (TPSA) is 88.8 Å². The Morgan fingerprint density at radius 2 is 1.75 bits per heavy atom. The molecular formula is C32H33N7O. The quantitative estimate of drug-likeness (QED) is 0.296. The molecule has 202 valence electrons. The molecule has 0 spiro atoms. The second kappa shape index (κ2) is 11.0. The zero-order chi connectivity index (χ0) is 27.6. The van der Waals surface area contributed by atoms with Crippen molar-refractivity contribution in [3.8, 4) is 22.4 Å². The Hall–Kier alpha value is -4.43. The van der Waals surface area contributed by atoms with Crippen LogP contribution in [0.25, 0.3) is 33.4 Å². The zero-order valence-corrected chi connectivity index (χ0v) is 23.1. The molecule has 0 radical (unpaired) electrons. The normalized spacial score (nSPS) is 14.5. The zero-order valence-electron chi connectivity index (χ0n) is 23.1. The molecule has 8 heteroatoms. The van der Waals surface area contributed by atoms with E-state index < -0.39 is 0 Å². The number of piperidine rings is 1. The molecule has 5 heterocycles. The van der Waals surface area contributed by atoms with E-state index in [0.29, 0.717) is 35.3 Å². The molecule has 1 aromatic carbocycles. The number of anilines is 2. The van der Waals surface area contributed by atoms with Crippen molar-refractivity contribution >= 4 is 22.7 Å². The first-order valence-electron chi connectivity index (χ1n) is 13.8. The fourth-order valence-corrected chi connectivity index (χ4v) is 5.51. The maximum atomic E-state index is 13.5. The Kier molecular flexibility index (Phi) is 7.09. The predicted octanol–water partition coefficient (Wildman–Crippen LogP) is 5.80. The van der Waals surface area contributed by atoms with Gasteiger partial charge in [0.1, 0.15) is 5.65 Å². The molecule has 4 aromatic heterocycles. The number of likely N-dealkylation sites (tertiary alicyclic amines) is 1. The number of hydrogen-bond acceptors (Lipinski definition) is 7. The molecule has 6 rings (SSSR count). The minimum Gasteiger partial charge on any atom is -0.324 e. The highest BCUT2D eigenvalue weighted by Crippen LogP contribution is 2.29. The van der Waals surface area contributed by atoms with E-state index in [0.717, 1.165) is 41.0 Å². The Labute approximate surface area is 233 Å². The van der Waals surface area contributed by atoms with E-state index >= 15 is 0 Å². The smallest absolute Gasteiger partial charge is 0.261 e.